The minimum Gasteiger partial charge on any atom is -0.497 e. The van der Waals surface area contributed by atoms with Gasteiger partial charge in [-0.2, -0.15) is 0 Å². The van der Waals surface area contributed by atoms with Gasteiger partial charge < -0.3 is 15.4 Å². The Labute approximate surface area is 157 Å². The number of nitrogens with one attached hydrogen (secondary N) is 2. The molecule has 1 aliphatic carbocycles. The summed E-state index contributed by atoms with van der Waals surface area (Å²) >= 11 is 12.1. The van der Waals surface area contributed by atoms with Crippen LogP contribution in [0.3, 0.4) is 0 Å². The van der Waals surface area contributed by atoms with Gasteiger partial charge in [-0.15, -0.1) is 0 Å². The molecule has 0 bridgehead atoms. The standard InChI is InChI=1S/C19H20Cl2N2O2/c1-25-15-7-4-13(5-8-15)19(12-2-3-12)23-18(24)11-22-17-10-14(20)6-9-16(17)21/h4-10,12,19,22H,2-3,11H2,1H3,(H,23,24). The van der Waals surface area contributed by atoms with Crippen molar-refractivity contribution in [1.29, 1.82) is 0 Å². The number of ether oxygens (including phenoxy) is 1. The Bertz CT molecular complexity index is 746. The molecule has 0 saturated heterocycles. The maximum atomic E-state index is 12.4. The van der Waals surface area contributed by atoms with Crippen LogP contribution in [0.25, 0.3) is 0 Å². The van der Waals surface area contributed by atoms with Crippen LogP contribution >= 0.6 is 23.2 Å². The minimum atomic E-state index is -0.0799. The van der Waals surface area contributed by atoms with Gasteiger partial charge >= 0.3 is 0 Å². The van der Waals surface area contributed by atoms with Crippen LogP contribution in [0.2, 0.25) is 10.0 Å². The Kier molecular flexibility index (Phi) is 5.71. The van der Waals surface area contributed by atoms with Gasteiger partial charge in [-0.25, -0.2) is 0 Å². The first-order valence-electron chi connectivity index (χ1n) is 8.19. The first kappa shape index (κ1) is 17.9. The fourth-order valence-corrected chi connectivity index (χ4v) is 3.10. The molecular weight excluding hydrogens is 359 g/mol. The summed E-state index contributed by atoms with van der Waals surface area (Å²) < 4.78 is 5.19. The van der Waals surface area contributed by atoms with Gasteiger partial charge in [-0.3, -0.25) is 4.79 Å². The summed E-state index contributed by atoms with van der Waals surface area (Å²) in [6, 6.07) is 13.0. The molecule has 2 N–H and O–H groups in total. The summed E-state index contributed by atoms with van der Waals surface area (Å²) in [4.78, 5) is 12.4. The predicted octanol–water partition coefficient (Wildman–Crippen LogP) is 4.68. The average molecular weight is 379 g/mol. The molecule has 3 rings (SSSR count). The molecule has 132 valence electrons. The third kappa shape index (κ3) is 4.80. The quantitative estimate of drug-likeness (QED) is 0.734. The molecule has 1 fully saturated rings. The van der Waals surface area contributed by atoms with E-state index in [-0.39, 0.29) is 18.5 Å². The lowest BCUT2D eigenvalue weighted by molar-refractivity contribution is -0.120. The van der Waals surface area contributed by atoms with Gasteiger partial charge in [0.2, 0.25) is 5.91 Å². The summed E-state index contributed by atoms with van der Waals surface area (Å²) in [6.45, 7) is 0.138. The van der Waals surface area contributed by atoms with Gasteiger partial charge in [0.25, 0.3) is 0 Å². The van der Waals surface area contributed by atoms with Crippen molar-refractivity contribution in [2.45, 2.75) is 18.9 Å². The lowest BCUT2D eigenvalue weighted by Crippen LogP contribution is -2.34. The summed E-state index contributed by atoms with van der Waals surface area (Å²) in [5.74, 6) is 1.22. The lowest BCUT2D eigenvalue weighted by Gasteiger charge is -2.19. The van der Waals surface area contributed by atoms with Crippen LogP contribution in [0, 0.1) is 5.92 Å². The van der Waals surface area contributed by atoms with Crippen LogP contribution in [-0.2, 0) is 4.79 Å². The molecule has 1 saturated carbocycles. The van der Waals surface area contributed by atoms with Crippen LogP contribution in [-0.4, -0.2) is 19.6 Å². The van der Waals surface area contributed by atoms with Gasteiger partial charge in [0.15, 0.2) is 0 Å². The molecule has 0 aromatic heterocycles. The maximum absolute atomic E-state index is 12.4. The first-order chi connectivity index (χ1) is 12.1. The minimum absolute atomic E-state index is 0.0232. The van der Waals surface area contributed by atoms with Crippen LogP contribution < -0.4 is 15.4 Å². The third-order valence-corrected chi connectivity index (χ3v) is 4.82. The zero-order chi connectivity index (χ0) is 17.8. The second-order valence-corrected chi connectivity index (χ2v) is 6.98. The van der Waals surface area contributed by atoms with E-state index < -0.39 is 0 Å². The number of hydrogen-bond acceptors (Lipinski definition) is 3. The van der Waals surface area contributed by atoms with Gasteiger partial charge in [-0.05, 0) is 54.7 Å². The lowest BCUT2D eigenvalue weighted by atomic mass is 10.0. The number of hydrogen-bond donors (Lipinski definition) is 2. The largest absolute Gasteiger partial charge is 0.497 e. The van der Waals surface area contributed by atoms with E-state index in [1.165, 1.54) is 0 Å². The number of carbonyl (C=O) groups excluding carboxylic acids is 1. The Balaban J connectivity index is 1.62. The molecule has 2 aromatic carbocycles. The predicted molar refractivity (Wildman–Crippen MR) is 102 cm³/mol. The van der Waals surface area contributed by atoms with E-state index in [9.17, 15) is 4.79 Å². The van der Waals surface area contributed by atoms with Gasteiger partial charge in [0, 0.05) is 5.02 Å². The van der Waals surface area contributed by atoms with Crippen molar-refractivity contribution in [1.82, 2.24) is 5.32 Å². The molecule has 1 atom stereocenters. The highest BCUT2D eigenvalue weighted by atomic mass is 35.5. The molecule has 0 aliphatic heterocycles. The van der Waals surface area contributed by atoms with Crippen LogP contribution in [0.15, 0.2) is 42.5 Å². The van der Waals surface area contributed by atoms with Crippen LogP contribution in [0.1, 0.15) is 24.4 Å². The van der Waals surface area contributed by atoms with E-state index in [0.29, 0.717) is 21.7 Å². The molecule has 4 nitrogen and oxygen atoms in total. The van der Waals surface area contributed by atoms with Gasteiger partial charge in [0.05, 0.1) is 30.4 Å². The molecule has 0 spiro atoms. The van der Waals surface area contributed by atoms with E-state index in [2.05, 4.69) is 10.6 Å². The van der Waals surface area contributed by atoms with Crippen LogP contribution in [0.4, 0.5) is 5.69 Å². The number of anilines is 1. The molecular formula is C19H20Cl2N2O2. The summed E-state index contributed by atoms with van der Waals surface area (Å²) in [7, 11) is 1.64. The van der Waals surface area contributed by atoms with Crippen molar-refractivity contribution >= 4 is 34.8 Å². The fourth-order valence-electron chi connectivity index (χ4n) is 2.75. The number of amides is 1. The second kappa shape index (κ2) is 7.98. The molecule has 1 aliphatic rings. The van der Waals surface area contributed by atoms with Gasteiger partial charge in [0.1, 0.15) is 5.75 Å². The van der Waals surface area contributed by atoms with Crippen molar-refractivity contribution < 1.29 is 9.53 Å². The third-order valence-electron chi connectivity index (χ3n) is 4.25. The Hall–Kier alpha value is -1.91. The number of carbonyl (C=O) groups is 1. The summed E-state index contributed by atoms with van der Waals surface area (Å²) in [5.41, 5.74) is 1.74. The zero-order valence-electron chi connectivity index (χ0n) is 13.9. The number of benzene rings is 2. The smallest absolute Gasteiger partial charge is 0.239 e. The van der Waals surface area contributed by atoms with Crippen LogP contribution in [0.5, 0.6) is 5.75 Å². The molecule has 0 heterocycles. The number of halogens is 2. The first-order valence-corrected chi connectivity index (χ1v) is 8.94. The highest BCUT2D eigenvalue weighted by Gasteiger charge is 2.33. The van der Waals surface area contributed by atoms with Crippen molar-refractivity contribution in [3.05, 3.63) is 58.1 Å². The van der Waals surface area contributed by atoms with Crippen molar-refractivity contribution in [2.24, 2.45) is 5.92 Å². The van der Waals surface area contributed by atoms with Crippen molar-refractivity contribution in [3.8, 4) is 5.75 Å². The maximum Gasteiger partial charge on any atom is 0.239 e. The van der Waals surface area contributed by atoms with E-state index in [0.717, 1.165) is 24.2 Å². The van der Waals surface area contributed by atoms with Gasteiger partial charge in [-0.1, -0.05) is 35.3 Å². The number of methoxy groups -OCH3 is 1. The van der Waals surface area contributed by atoms with Crippen molar-refractivity contribution in [3.63, 3.8) is 0 Å². The zero-order valence-corrected chi connectivity index (χ0v) is 15.4. The topological polar surface area (TPSA) is 50.4 Å². The Morgan fingerprint density at radius 1 is 1.20 bits per heavy atom. The average Bonchev–Trinajstić information content (AvgIpc) is 3.45. The highest BCUT2D eigenvalue weighted by molar-refractivity contribution is 6.35. The van der Waals surface area contributed by atoms with E-state index in [1.54, 1.807) is 25.3 Å². The Morgan fingerprint density at radius 2 is 1.92 bits per heavy atom. The summed E-state index contributed by atoms with van der Waals surface area (Å²) in [6.07, 6.45) is 2.26. The fraction of sp³-hybridized carbons (Fsp3) is 0.316. The monoisotopic (exact) mass is 378 g/mol. The Morgan fingerprint density at radius 3 is 2.56 bits per heavy atom. The number of rotatable bonds is 7. The SMILES string of the molecule is COc1ccc(C(NC(=O)CNc2cc(Cl)ccc2Cl)C2CC2)cc1. The second-order valence-electron chi connectivity index (χ2n) is 6.13. The molecule has 6 heteroatoms. The molecule has 1 unspecified atom stereocenters. The van der Waals surface area contributed by atoms with E-state index in [4.69, 9.17) is 27.9 Å². The van der Waals surface area contributed by atoms with E-state index >= 15 is 0 Å². The molecule has 2 aromatic rings. The molecule has 25 heavy (non-hydrogen) atoms. The van der Waals surface area contributed by atoms with Crippen molar-refractivity contribution in [2.75, 3.05) is 19.0 Å². The molecule has 0 radical (unpaired) electrons. The summed E-state index contributed by atoms with van der Waals surface area (Å²) in [5, 5.41) is 7.26. The normalized spacial score (nSPS) is 14.7. The molecule has 1 amide bonds. The van der Waals surface area contributed by atoms with E-state index in [1.807, 2.05) is 24.3 Å². The highest BCUT2D eigenvalue weighted by Crippen LogP contribution is 2.41.